The molecule has 3 atom stereocenters. The van der Waals surface area contributed by atoms with Crippen molar-refractivity contribution in [2.24, 2.45) is 0 Å². The maximum absolute atomic E-state index is 12.5. The van der Waals surface area contributed by atoms with Gasteiger partial charge in [0.1, 0.15) is 12.1 Å². The quantitative estimate of drug-likeness (QED) is 0.740. The van der Waals surface area contributed by atoms with Crippen LogP contribution < -0.4 is 16.0 Å². The molecular weight excluding hydrogens is 344 g/mol. The van der Waals surface area contributed by atoms with Crippen molar-refractivity contribution in [2.45, 2.75) is 64.1 Å². The van der Waals surface area contributed by atoms with Gasteiger partial charge in [0.25, 0.3) is 0 Å². The molecule has 0 saturated carbocycles. The van der Waals surface area contributed by atoms with Crippen molar-refractivity contribution in [3.8, 4) is 0 Å². The molecule has 0 aromatic heterocycles. The Hall–Kier alpha value is -2.57. The maximum atomic E-state index is 12.5. The topological polar surface area (TPSA) is 90.5 Å². The lowest BCUT2D eigenvalue weighted by atomic mass is 10.0. The van der Waals surface area contributed by atoms with Gasteiger partial charge in [-0.1, -0.05) is 39.3 Å². The molecule has 0 bridgehead atoms. The van der Waals surface area contributed by atoms with Crippen molar-refractivity contribution >= 4 is 23.5 Å². The van der Waals surface area contributed by atoms with E-state index in [9.17, 15) is 14.4 Å². The lowest BCUT2D eigenvalue weighted by molar-refractivity contribution is -0.147. The number of hydrogen-bond acceptors (Lipinski definition) is 3. The van der Waals surface area contributed by atoms with Crippen molar-refractivity contribution < 1.29 is 14.4 Å². The average molecular weight is 372 g/mol. The molecule has 146 valence electrons. The molecule has 3 N–H and O–H groups in total. The molecular formula is C20H28N4O3. The third kappa shape index (κ3) is 4.23. The molecule has 2 saturated heterocycles. The van der Waals surface area contributed by atoms with E-state index >= 15 is 0 Å². The van der Waals surface area contributed by atoms with Crippen LogP contribution in [-0.4, -0.2) is 47.4 Å². The summed E-state index contributed by atoms with van der Waals surface area (Å²) in [5.74, 6) is 0.265. The Morgan fingerprint density at radius 3 is 2.59 bits per heavy atom. The SMILES string of the molecule is CCC[C@@H]1NC(=O)[C@@H]2C[C@H](NC(=O)Nc3ccc(C(C)C)cc3)CN2C1=O. The van der Waals surface area contributed by atoms with Crippen molar-refractivity contribution in [2.75, 3.05) is 11.9 Å². The molecule has 2 heterocycles. The molecule has 0 unspecified atom stereocenters. The molecule has 0 radical (unpaired) electrons. The molecule has 1 aromatic rings. The van der Waals surface area contributed by atoms with Crippen LogP contribution >= 0.6 is 0 Å². The molecule has 1 aromatic carbocycles. The minimum Gasteiger partial charge on any atom is -0.343 e. The first kappa shape index (κ1) is 19.2. The van der Waals surface area contributed by atoms with E-state index in [1.165, 1.54) is 5.56 Å². The van der Waals surface area contributed by atoms with Gasteiger partial charge in [-0.3, -0.25) is 9.59 Å². The summed E-state index contributed by atoms with van der Waals surface area (Å²) in [6.45, 7) is 6.59. The second kappa shape index (κ2) is 7.98. The molecule has 0 aliphatic carbocycles. The van der Waals surface area contributed by atoms with Gasteiger partial charge in [-0.25, -0.2) is 4.79 Å². The standard InChI is InChI=1S/C20H28N4O3/c1-4-5-16-19(26)24-11-15(10-17(24)18(25)23-16)22-20(27)21-14-8-6-13(7-9-14)12(2)3/h6-9,12,15-17H,4-5,10-11H2,1-3H3,(H,23,25)(H2,21,22,27)/t15-,16-,17-/m0/s1. The highest BCUT2D eigenvalue weighted by atomic mass is 16.2. The monoisotopic (exact) mass is 372 g/mol. The lowest BCUT2D eigenvalue weighted by Crippen LogP contribution is -2.61. The predicted molar refractivity (Wildman–Crippen MR) is 103 cm³/mol. The van der Waals surface area contributed by atoms with Crippen LogP contribution in [0.1, 0.15) is 51.5 Å². The van der Waals surface area contributed by atoms with Crippen LogP contribution in [0.5, 0.6) is 0 Å². The lowest BCUT2D eigenvalue weighted by Gasteiger charge is -2.34. The summed E-state index contributed by atoms with van der Waals surface area (Å²) in [6.07, 6.45) is 1.91. The van der Waals surface area contributed by atoms with E-state index in [0.717, 1.165) is 6.42 Å². The second-order valence-corrected chi connectivity index (χ2v) is 7.66. The van der Waals surface area contributed by atoms with Crippen molar-refractivity contribution in [3.63, 3.8) is 0 Å². The van der Waals surface area contributed by atoms with Crippen molar-refractivity contribution in [1.29, 1.82) is 0 Å². The number of amides is 4. The van der Waals surface area contributed by atoms with Gasteiger partial charge in [0.15, 0.2) is 0 Å². The van der Waals surface area contributed by atoms with E-state index in [1.807, 2.05) is 31.2 Å². The third-order valence-electron chi connectivity index (χ3n) is 5.25. The fourth-order valence-corrected chi connectivity index (χ4v) is 3.75. The summed E-state index contributed by atoms with van der Waals surface area (Å²) >= 11 is 0. The number of anilines is 1. The minimum absolute atomic E-state index is 0.0459. The molecule has 27 heavy (non-hydrogen) atoms. The van der Waals surface area contributed by atoms with Gasteiger partial charge in [0.05, 0.1) is 6.04 Å². The zero-order valence-electron chi connectivity index (χ0n) is 16.1. The van der Waals surface area contributed by atoms with Crippen LogP contribution in [-0.2, 0) is 9.59 Å². The van der Waals surface area contributed by atoms with E-state index in [-0.39, 0.29) is 23.9 Å². The first-order chi connectivity index (χ1) is 12.9. The summed E-state index contributed by atoms with van der Waals surface area (Å²) in [4.78, 5) is 38.7. The third-order valence-corrected chi connectivity index (χ3v) is 5.25. The van der Waals surface area contributed by atoms with Crippen LogP contribution in [0.25, 0.3) is 0 Å². The second-order valence-electron chi connectivity index (χ2n) is 7.66. The van der Waals surface area contributed by atoms with Gasteiger partial charge in [0.2, 0.25) is 11.8 Å². The van der Waals surface area contributed by atoms with E-state index in [4.69, 9.17) is 0 Å². The van der Waals surface area contributed by atoms with Crippen LogP contribution in [0.3, 0.4) is 0 Å². The number of rotatable bonds is 5. The van der Waals surface area contributed by atoms with E-state index < -0.39 is 12.1 Å². The molecule has 2 aliphatic heterocycles. The highest BCUT2D eigenvalue weighted by Gasteiger charge is 2.46. The number of piperazine rings is 1. The Kier molecular flexibility index (Phi) is 5.68. The minimum atomic E-state index is -0.485. The smallest absolute Gasteiger partial charge is 0.319 e. The van der Waals surface area contributed by atoms with Crippen LogP contribution in [0.2, 0.25) is 0 Å². The first-order valence-electron chi connectivity index (χ1n) is 9.67. The number of benzene rings is 1. The molecule has 4 amide bonds. The van der Waals surface area contributed by atoms with Gasteiger partial charge in [-0.2, -0.15) is 0 Å². The van der Waals surface area contributed by atoms with E-state index in [0.29, 0.717) is 31.0 Å². The highest BCUT2D eigenvalue weighted by molar-refractivity contribution is 5.98. The molecule has 2 aliphatic rings. The number of nitrogens with one attached hydrogen (secondary N) is 3. The number of carbonyl (C=O) groups is 3. The van der Waals surface area contributed by atoms with Crippen LogP contribution in [0.4, 0.5) is 10.5 Å². The highest BCUT2D eigenvalue weighted by Crippen LogP contribution is 2.24. The molecule has 2 fully saturated rings. The fraction of sp³-hybridized carbons (Fsp3) is 0.550. The number of hydrogen-bond donors (Lipinski definition) is 3. The molecule has 3 rings (SSSR count). The summed E-state index contributed by atoms with van der Waals surface area (Å²) < 4.78 is 0. The Morgan fingerprint density at radius 1 is 1.26 bits per heavy atom. The summed E-state index contributed by atoms with van der Waals surface area (Å²) in [5.41, 5.74) is 1.92. The van der Waals surface area contributed by atoms with Gasteiger partial charge in [-0.05, 0) is 36.5 Å². The summed E-state index contributed by atoms with van der Waals surface area (Å²) in [6, 6.07) is 6.25. The number of carbonyl (C=O) groups excluding carboxylic acids is 3. The Balaban J connectivity index is 1.56. The predicted octanol–water partition coefficient (Wildman–Crippen LogP) is 2.20. The van der Waals surface area contributed by atoms with Gasteiger partial charge in [-0.15, -0.1) is 0 Å². The molecule has 7 heteroatoms. The maximum Gasteiger partial charge on any atom is 0.319 e. The fourth-order valence-electron chi connectivity index (χ4n) is 3.75. The van der Waals surface area contributed by atoms with Crippen LogP contribution in [0.15, 0.2) is 24.3 Å². The largest absolute Gasteiger partial charge is 0.343 e. The van der Waals surface area contributed by atoms with Gasteiger partial charge < -0.3 is 20.9 Å². The average Bonchev–Trinajstić information content (AvgIpc) is 3.04. The molecule has 0 spiro atoms. The Morgan fingerprint density at radius 2 is 1.96 bits per heavy atom. The summed E-state index contributed by atoms with van der Waals surface area (Å²) in [5, 5.41) is 8.51. The van der Waals surface area contributed by atoms with E-state index in [1.54, 1.807) is 4.90 Å². The van der Waals surface area contributed by atoms with E-state index in [2.05, 4.69) is 29.8 Å². The van der Waals surface area contributed by atoms with Gasteiger partial charge >= 0.3 is 6.03 Å². The summed E-state index contributed by atoms with van der Waals surface area (Å²) in [7, 11) is 0. The van der Waals surface area contributed by atoms with Crippen molar-refractivity contribution in [3.05, 3.63) is 29.8 Å². The van der Waals surface area contributed by atoms with Crippen LogP contribution in [0, 0.1) is 0 Å². The molecule has 7 nitrogen and oxygen atoms in total. The number of fused-ring (bicyclic) bond motifs is 1. The van der Waals surface area contributed by atoms with Crippen molar-refractivity contribution in [1.82, 2.24) is 15.5 Å². The zero-order chi connectivity index (χ0) is 19.6. The van der Waals surface area contributed by atoms with Gasteiger partial charge in [0, 0.05) is 12.2 Å². The number of nitrogens with zero attached hydrogens (tertiary/aromatic N) is 1. The number of urea groups is 1. The Labute approximate surface area is 159 Å². The zero-order valence-corrected chi connectivity index (χ0v) is 16.1. The Bertz CT molecular complexity index is 716. The normalized spacial score (nSPS) is 24.6. The first-order valence-corrected chi connectivity index (χ1v) is 9.67.